The number of benzene rings is 2. The van der Waals surface area contributed by atoms with Gasteiger partial charge in [0, 0.05) is 36.8 Å². The number of carbonyl (C=O) groups excluding carboxylic acids is 2. The number of nitrogens with zero attached hydrogens (tertiary/aromatic N) is 3. The molecular weight excluding hydrogens is 499 g/mol. The van der Waals surface area contributed by atoms with Crippen LogP contribution in [0, 0.1) is 0 Å². The molecule has 2 heterocycles. The van der Waals surface area contributed by atoms with Gasteiger partial charge >= 0.3 is 0 Å². The van der Waals surface area contributed by atoms with E-state index in [2.05, 4.69) is 25.9 Å². The molecule has 4 rings (SSSR count). The van der Waals surface area contributed by atoms with Crippen molar-refractivity contribution < 1.29 is 9.59 Å². The van der Waals surface area contributed by atoms with Gasteiger partial charge in [0.05, 0.1) is 26.8 Å². The first kappa shape index (κ1) is 23.8. The van der Waals surface area contributed by atoms with E-state index in [9.17, 15) is 9.59 Å². The first-order chi connectivity index (χ1) is 16.3. The predicted octanol–water partition coefficient (Wildman–Crippen LogP) is 5.52. The molecule has 0 radical (unpaired) electrons. The number of nitrogens with one attached hydrogen (secondary N) is 3. The van der Waals surface area contributed by atoms with Crippen molar-refractivity contribution in [3.63, 3.8) is 0 Å². The van der Waals surface area contributed by atoms with Crippen molar-refractivity contribution in [3.8, 4) is 0 Å². The van der Waals surface area contributed by atoms with E-state index in [-0.39, 0.29) is 11.8 Å². The molecule has 4 aromatic rings. The van der Waals surface area contributed by atoms with Gasteiger partial charge in [-0.1, -0.05) is 40.9 Å². The van der Waals surface area contributed by atoms with Crippen molar-refractivity contribution in [2.75, 3.05) is 17.2 Å². The van der Waals surface area contributed by atoms with Crippen LogP contribution in [-0.2, 0) is 11.3 Å². The van der Waals surface area contributed by atoms with E-state index in [1.54, 1.807) is 48.5 Å². The fourth-order valence-electron chi connectivity index (χ4n) is 3.33. The zero-order valence-corrected chi connectivity index (χ0v) is 20.2. The highest BCUT2D eigenvalue weighted by Crippen LogP contribution is 2.33. The number of rotatable bonds is 7. The minimum Gasteiger partial charge on any atom is -0.355 e. The molecule has 2 amide bonds. The number of anilines is 3. The van der Waals surface area contributed by atoms with Crippen LogP contribution in [0.1, 0.15) is 17.3 Å². The van der Waals surface area contributed by atoms with Crippen LogP contribution in [0.4, 0.5) is 17.5 Å². The topological polar surface area (TPSA) is 101 Å². The van der Waals surface area contributed by atoms with Crippen LogP contribution in [0.5, 0.6) is 0 Å². The fraction of sp³-hybridized carbons (Fsp3) is 0.130. The van der Waals surface area contributed by atoms with Crippen molar-refractivity contribution >= 4 is 75.1 Å². The van der Waals surface area contributed by atoms with Gasteiger partial charge in [0.1, 0.15) is 5.82 Å². The van der Waals surface area contributed by atoms with E-state index >= 15 is 0 Å². The van der Waals surface area contributed by atoms with Crippen LogP contribution in [-0.4, -0.2) is 32.9 Å². The molecule has 8 nitrogen and oxygen atoms in total. The molecule has 11 heteroatoms. The van der Waals surface area contributed by atoms with E-state index in [4.69, 9.17) is 34.8 Å². The van der Waals surface area contributed by atoms with E-state index in [0.29, 0.717) is 56.7 Å². The zero-order chi connectivity index (χ0) is 24.2. The van der Waals surface area contributed by atoms with Crippen LogP contribution >= 0.6 is 34.8 Å². The molecule has 3 N–H and O–H groups in total. The first-order valence-electron chi connectivity index (χ1n) is 10.2. The lowest BCUT2D eigenvalue weighted by atomic mass is 10.2. The number of fused-ring (bicyclic) bond motifs is 1. The lowest BCUT2D eigenvalue weighted by Crippen LogP contribution is -2.24. The van der Waals surface area contributed by atoms with Crippen LogP contribution in [0.15, 0.2) is 54.7 Å². The van der Waals surface area contributed by atoms with Crippen molar-refractivity contribution in [1.82, 2.24) is 19.9 Å². The van der Waals surface area contributed by atoms with E-state index in [0.717, 1.165) is 5.52 Å². The van der Waals surface area contributed by atoms with Gasteiger partial charge in [-0.05, 0) is 42.5 Å². The molecule has 0 aliphatic rings. The quantitative estimate of drug-likeness (QED) is 0.299. The van der Waals surface area contributed by atoms with Gasteiger partial charge in [0.15, 0.2) is 0 Å². The second-order valence-corrected chi connectivity index (χ2v) is 8.56. The third kappa shape index (κ3) is 5.41. The van der Waals surface area contributed by atoms with Crippen molar-refractivity contribution in [2.45, 2.75) is 13.5 Å². The van der Waals surface area contributed by atoms with Crippen molar-refractivity contribution in [2.24, 2.45) is 0 Å². The minimum absolute atomic E-state index is 0.137. The SMILES string of the molecule is CC(=O)NCCn1c(Nc2c(Cl)cccc2Cl)nc2cc(C(=O)Nc3cc(Cl)ccn3)ccc21. The summed E-state index contributed by atoms with van der Waals surface area (Å²) in [7, 11) is 0. The van der Waals surface area contributed by atoms with Gasteiger partial charge in [0.2, 0.25) is 11.9 Å². The number of aromatic nitrogens is 3. The Bertz CT molecular complexity index is 1370. The van der Waals surface area contributed by atoms with E-state index < -0.39 is 0 Å². The largest absolute Gasteiger partial charge is 0.355 e. The molecule has 0 saturated heterocycles. The molecule has 0 unspecified atom stereocenters. The second kappa shape index (κ2) is 10.3. The van der Waals surface area contributed by atoms with Crippen molar-refractivity contribution in [3.05, 3.63) is 75.4 Å². The molecule has 34 heavy (non-hydrogen) atoms. The second-order valence-electron chi connectivity index (χ2n) is 7.31. The van der Waals surface area contributed by atoms with Crippen LogP contribution < -0.4 is 16.0 Å². The lowest BCUT2D eigenvalue weighted by Gasteiger charge is -2.13. The van der Waals surface area contributed by atoms with Crippen LogP contribution in [0.2, 0.25) is 15.1 Å². The number of pyridine rings is 1. The Kier molecular flexibility index (Phi) is 7.21. The third-order valence-corrected chi connectivity index (χ3v) is 5.75. The molecule has 0 fully saturated rings. The predicted molar refractivity (Wildman–Crippen MR) is 135 cm³/mol. The zero-order valence-electron chi connectivity index (χ0n) is 17.9. The molecule has 2 aromatic carbocycles. The van der Waals surface area contributed by atoms with Crippen LogP contribution in [0.3, 0.4) is 0 Å². The number of amides is 2. The van der Waals surface area contributed by atoms with Gasteiger partial charge in [-0.2, -0.15) is 0 Å². The van der Waals surface area contributed by atoms with Gasteiger partial charge in [-0.15, -0.1) is 0 Å². The third-order valence-electron chi connectivity index (χ3n) is 4.88. The number of carbonyl (C=O) groups is 2. The summed E-state index contributed by atoms with van der Waals surface area (Å²) in [6.07, 6.45) is 1.51. The molecule has 0 bridgehead atoms. The summed E-state index contributed by atoms with van der Waals surface area (Å²) in [6, 6.07) is 13.5. The molecule has 0 atom stereocenters. The number of hydrogen-bond acceptors (Lipinski definition) is 5. The van der Waals surface area contributed by atoms with E-state index in [1.807, 2.05) is 4.57 Å². The Labute approximate surface area is 210 Å². The molecule has 2 aromatic heterocycles. The maximum Gasteiger partial charge on any atom is 0.256 e. The maximum absolute atomic E-state index is 12.8. The Morgan fingerprint density at radius 3 is 2.50 bits per heavy atom. The molecule has 0 saturated carbocycles. The molecule has 0 aliphatic heterocycles. The average molecular weight is 518 g/mol. The number of hydrogen-bond donors (Lipinski definition) is 3. The Balaban J connectivity index is 1.68. The standard InChI is InChI=1S/C23H19Cl3N6O2/c1-13(33)27-9-10-32-19-6-5-14(22(34)30-20-12-15(24)7-8-28-20)11-18(19)29-23(32)31-21-16(25)3-2-4-17(21)26/h2-8,11-12H,9-10H2,1H3,(H,27,33)(H,29,31)(H,28,30,34). The Morgan fingerprint density at radius 1 is 1.03 bits per heavy atom. The smallest absolute Gasteiger partial charge is 0.256 e. The van der Waals surface area contributed by atoms with Crippen LogP contribution in [0.25, 0.3) is 11.0 Å². The summed E-state index contributed by atoms with van der Waals surface area (Å²) in [5.41, 5.74) is 2.23. The van der Waals surface area contributed by atoms with Gasteiger partial charge in [-0.25, -0.2) is 9.97 Å². The summed E-state index contributed by atoms with van der Waals surface area (Å²) >= 11 is 18.6. The maximum atomic E-state index is 12.8. The summed E-state index contributed by atoms with van der Waals surface area (Å²) in [5.74, 6) is 0.313. The molecular formula is C23H19Cl3N6O2. The molecule has 0 aliphatic carbocycles. The number of para-hydroxylation sites is 1. The normalized spacial score (nSPS) is 10.8. The number of imidazole rings is 1. The van der Waals surface area contributed by atoms with E-state index in [1.165, 1.54) is 13.1 Å². The molecule has 0 spiro atoms. The van der Waals surface area contributed by atoms with Gasteiger partial charge in [-0.3, -0.25) is 9.59 Å². The molecule has 174 valence electrons. The summed E-state index contributed by atoms with van der Waals surface area (Å²) < 4.78 is 1.88. The Hall–Kier alpha value is -3.33. The lowest BCUT2D eigenvalue weighted by molar-refractivity contribution is -0.118. The summed E-state index contributed by atoms with van der Waals surface area (Å²) in [6.45, 7) is 2.27. The van der Waals surface area contributed by atoms with Crippen molar-refractivity contribution in [1.29, 1.82) is 0 Å². The first-order valence-corrected chi connectivity index (χ1v) is 11.3. The Morgan fingerprint density at radius 2 is 1.79 bits per heavy atom. The highest BCUT2D eigenvalue weighted by molar-refractivity contribution is 6.39. The highest BCUT2D eigenvalue weighted by Gasteiger charge is 2.16. The average Bonchev–Trinajstić information content (AvgIpc) is 3.12. The highest BCUT2D eigenvalue weighted by atomic mass is 35.5. The van der Waals surface area contributed by atoms with Gasteiger partial charge in [0.25, 0.3) is 5.91 Å². The summed E-state index contributed by atoms with van der Waals surface area (Å²) in [5, 5.41) is 10.0. The number of halogens is 3. The fourth-order valence-corrected chi connectivity index (χ4v) is 3.98. The summed E-state index contributed by atoms with van der Waals surface area (Å²) in [4.78, 5) is 32.9. The minimum atomic E-state index is -0.354. The van der Waals surface area contributed by atoms with Gasteiger partial charge < -0.3 is 20.5 Å². The monoisotopic (exact) mass is 516 g/mol.